The minimum absolute atomic E-state index is 0.165. The first kappa shape index (κ1) is 16.4. The maximum Gasteiger partial charge on any atom is 0.374 e. The number of esters is 1. The molecule has 0 aliphatic heterocycles. The largest absolute Gasteiger partial charge is 0.469 e. The summed E-state index contributed by atoms with van der Waals surface area (Å²) < 4.78 is 16.4. The number of carbonyl (C=O) groups is 1. The summed E-state index contributed by atoms with van der Waals surface area (Å²) in [7, 11) is 0. The first-order chi connectivity index (χ1) is 11.5. The molecule has 0 spiro atoms. The molecule has 6 nitrogen and oxygen atoms in total. The minimum Gasteiger partial charge on any atom is -0.469 e. The molecule has 0 amide bonds. The van der Waals surface area contributed by atoms with Gasteiger partial charge in [-0.15, -0.1) is 11.3 Å². The quantitative estimate of drug-likeness (QED) is 0.649. The van der Waals surface area contributed by atoms with Crippen molar-refractivity contribution in [2.75, 3.05) is 0 Å². The van der Waals surface area contributed by atoms with Crippen LogP contribution in [0.25, 0.3) is 10.2 Å². The van der Waals surface area contributed by atoms with Crippen LogP contribution >= 0.6 is 11.3 Å². The third-order valence-corrected chi connectivity index (χ3v) is 4.60. The number of rotatable bonds is 5. The molecule has 3 rings (SSSR count). The van der Waals surface area contributed by atoms with Gasteiger partial charge in [0.1, 0.15) is 23.5 Å². The second-order valence-electron chi connectivity index (χ2n) is 5.65. The Bertz CT molecular complexity index is 882. The van der Waals surface area contributed by atoms with Crippen LogP contribution in [0, 0.1) is 13.8 Å². The van der Waals surface area contributed by atoms with Crippen molar-refractivity contribution in [2.24, 2.45) is 0 Å². The molecule has 0 radical (unpaired) electrons. The molecule has 3 heterocycles. The number of ether oxygens (including phenoxy) is 2. The van der Waals surface area contributed by atoms with E-state index < -0.39 is 5.97 Å². The predicted molar refractivity (Wildman–Crippen MR) is 90.5 cm³/mol. The van der Waals surface area contributed by atoms with Crippen LogP contribution in [-0.4, -0.2) is 22.0 Å². The third-order valence-electron chi connectivity index (χ3n) is 3.49. The molecule has 0 saturated heterocycles. The van der Waals surface area contributed by atoms with E-state index in [9.17, 15) is 4.79 Å². The number of hydrogen-bond donors (Lipinski definition) is 0. The van der Waals surface area contributed by atoms with Gasteiger partial charge in [0.25, 0.3) is 0 Å². The molecule has 0 unspecified atom stereocenters. The van der Waals surface area contributed by atoms with E-state index in [4.69, 9.17) is 13.9 Å². The first-order valence-corrected chi connectivity index (χ1v) is 8.40. The summed E-state index contributed by atoms with van der Waals surface area (Å²) in [6.45, 7) is 7.82. The Morgan fingerprint density at radius 3 is 2.83 bits per heavy atom. The van der Waals surface area contributed by atoms with E-state index in [0.29, 0.717) is 11.6 Å². The van der Waals surface area contributed by atoms with Gasteiger partial charge in [-0.2, -0.15) is 0 Å². The summed E-state index contributed by atoms with van der Waals surface area (Å²) in [4.78, 5) is 22.4. The number of carbonyl (C=O) groups excluding carboxylic acids is 1. The molecule has 3 aromatic rings. The lowest BCUT2D eigenvalue weighted by Crippen LogP contribution is -2.10. The van der Waals surface area contributed by atoms with E-state index in [2.05, 4.69) is 9.97 Å². The fourth-order valence-corrected chi connectivity index (χ4v) is 3.22. The molecule has 24 heavy (non-hydrogen) atoms. The van der Waals surface area contributed by atoms with Gasteiger partial charge in [0.15, 0.2) is 0 Å². The molecule has 0 aromatic carbocycles. The standard InChI is InChI=1S/C17H18N2O4S/c1-9(2)22-17(20)13-6-5-12(23-13)7-21-15-14-10(3)11(4)24-16(14)19-8-18-15/h5-6,8-9H,7H2,1-4H3. The van der Waals surface area contributed by atoms with Gasteiger partial charge in [-0.05, 0) is 45.4 Å². The average Bonchev–Trinajstić information content (AvgIpc) is 3.11. The molecule has 7 heteroatoms. The summed E-state index contributed by atoms with van der Waals surface area (Å²) in [5, 5.41) is 0.922. The monoisotopic (exact) mass is 346 g/mol. The third kappa shape index (κ3) is 3.26. The van der Waals surface area contributed by atoms with E-state index in [1.54, 1.807) is 37.3 Å². The van der Waals surface area contributed by atoms with Gasteiger partial charge < -0.3 is 13.9 Å². The second-order valence-corrected chi connectivity index (χ2v) is 6.85. The smallest absolute Gasteiger partial charge is 0.374 e. The van der Waals surface area contributed by atoms with E-state index >= 15 is 0 Å². The molecule has 0 N–H and O–H groups in total. The Morgan fingerprint density at radius 1 is 1.29 bits per heavy atom. The minimum atomic E-state index is -0.481. The van der Waals surface area contributed by atoms with Crippen molar-refractivity contribution < 1.29 is 18.7 Å². The number of nitrogens with zero attached hydrogens (tertiary/aromatic N) is 2. The lowest BCUT2D eigenvalue weighted by atomic mass is 10.2. The number of aryl methyl sites for hydroxylation is 2. The van der Waals surface area contributed by atoms with E-state index in [-0.39, 0.29) is 18.5 Å². The molecular formula is C17H18N2O4S. The van der Waals surface area contributed by atoms with Gasteiger partial charge in [0, 0.05) is 4.88 Å². The van der Waals surface area contributed by atoms with Gasteiger partial charge in [0.05, 0.1) is 11.5 Å². The van der Waals surface area contributed by atoms with E-state index in [0.717, 1.165) is 15.8 Å². The summed E-state index contributed by atoms with van der Waals surface area (Å²) >= 11 is 1.61. The second kappa shape index (κ2) is 6.60. The molecule has 0 bridgehead atoms. The van der Waals surface area contributed by atoms with Crippen LogP contribution in [0.15, 0.2) is 22.9 Å². The van der Waals surface area contributed by atoms with Crippen LogP contribution in [0.1, 0.15) is 40.6 Å². The lowest BCUT2D eigenvalue weighted by molar-refractivity contribution is 0.0337. The summed E-state index contributed by atoms with van der Waals surface area (Å²) in [6, 6.07) is 3.28. The highest BCUT2D eigenvalue weighted by atomic mass is 32.1. The summed E-state index contributed by atoms with van der Waals surface area (Å²) in [6.07, 6.45) is 1.29. The Hall–Kier alpha value is -2.41. The molecule has 3 aromatic heterocycles. The molecule has 0 fully saturated rings. The number of hydrogen-bond acceptors (Lipinski definition) is 7. The maximum atomic E-state index is 11.8. The zero-order valence-electron chi connectivity index (χ0n) is 14.0. The average molecular weight is 346 g/mol. The van der Waals surface area contributed by atoms with Gasteiger partial charge in [-0.25, -0.2) is 14.8 Å². The predicted octanol–water partition coefficient (Wildman–Crippen LogP) is 4.05. The first-order valence-electron chi connectivity index (χ1n) is 7.59. The maximum absolute atomic E-state index is 11.8. The molecule has 126 valence electrons. The zero-order valence-corrected chi connectivity index (χ0v) is 14.8. The fourth-order valence-electron chi connectivity index (χ4n) is 2.24. The van der Waals surface area contributed by atoms with Gasteiger partial charge in [-0.1, -0.05) is 0 Å². The zero-order chi connectivity index (χ0) is 17.3. The Morgan fingerprint density at radius 2 is 2.08 bits per heavy atom. The van der Waals surface area contributed by atoms with Crippen LogP contribution in [-0.2, 0) is 11.3 Å². The van der Waals surface area contributed by atoms with Crippen LogP contribution in [0.5, 0.6) is 5.88 Å². The van der Waals surface area contributed by atoms with E-state index in [1.807, 2.05) is 13.8 Å². The number of thiophene rings is 1. The van der Waals surface area contributed by atoms with Crippen molar-refractivity contribution in [1.82, 2.24) is 9.97 Å². The fraction of sp³-hybridized carbons (Fsp3) is 0.353. The van der Waals surface area contributed by atoms with E-state index in [1.165, 1.54) is 11.2 Å². The summed E-state index contributed by atoms with van der Waals surface area (Å²) in [5.41, 5.74) is 1.12. The van der Waals surface area contributed by atoms with Crippen molar-refractivity contribution in [1.29, 1.82) is 0 Å². The SMILES string of the molecule is Cc1sc2ncnc(OCc3ccc(C(=O)OC(C)C)o3)c2c1C. The van der Waals surface area contributed by atoms with Crippen LogP contribution in [0.2, 0.25) is 0 Å². The van der Waals surface area contributed by atoms with Gasteiger partial charge in [0.2, 0.25) is 11.6 Å². The normalized spacial score (nSPS) is 11.2. The van der Waals surface area contributed by atoms with Crippen LogP contribution in [0.3, 0.4) is 0 Å². The molecule has 0 aliphatic carbocycles. The van der Waals surface area contributed by atoms with Gasteiger partial charge >= 0.3 is 5.97 Å². The van der Waals surface area contributed by atoms with Crippen LogP contribution in [0.4, 0.5) is 0 Å². The molecule has 0 atom stereocenters. The Kier molecular flexibility index (Phi) is 4.53. The van der Waals surface area contributed by atoms with Crippen LogP contribution < -0.4 is 4.74 Å². The van der Waals surface area contributed by atoms with Crippen molar-refractivity contribution in [3.05, 3.63) is 40.4 Å². The number of furan rings is 1. The molecular weight excluding hydrogens is 328 g/mol. The lowest BCUT2D eigenvalue weighted by Gasteiger charge is -2.06. The molecule has 0 saturated carbocycles. The van der Waals surface area contributed by atoms with Crippen molar-refractivity contribution in [2.45, 2.75) is 40.4 Å². The van der Waals surface area contributed by atoms with Gasteiger partial charge in [-0.3, -0.25) is 0 Å². The van der Waals surface area contributed by atoms with Crippen molar-refractivity contribution in [3.63, 3.8) is 0 Å². The Labute approximate surface area is 143 Å². The number of aromatic nitrogens is 2. The molecule has 0 aliphatic rings. The highest BCUT2D eigenvalue weighted by molar-refractivity contribution is 7.18. The number of fused-ring (bicyclic) bond motifs is 1. The summed E-state index contributed by atoms with van der Waals surface area (Å²) in [5.74, 6) is 0.731. The topological polar surface area (TPSA) is 74.5 Å². The highest BCUT2D eigenvalue weighted by Gasteiger charge is 2.16. The van der Waals surface area contributed by atoms with Crippen molar-refractivity contribution in [3.8, 4) is 5.88 Å². The Balaban J connectivity index is 1.75. The highest BCUT2D eigenvalue weighted by Crippen LogP contribution is 2.33. The van der Waals surface area contributed by atoms with Crippen molar-refractivity contribution >= 4 is 27.5 Å².